The summed E-state index contributed by atoms with van der Waals surface area (Å²) in [5.74, 6) is 0.399. The zero-order valence-electron chi connectivity index (χ0n) is 14.5. The Bertz CT molecular complexity index is 734. The molecule has 1 saturated heterocycles. The van der Waals surface area contributed by atoms with Gasteiger partial charge in [0.25, 0.3) is 5.91 Å². The Labute approximate surface area is 163 Å². The number of carbonyl (C=O) groups excluding carboxylic acids is 2. The molecule has 0 radical (unpaired) electrons. The molecule has 1 aromatic heterocycles. The number of nitrogens with one attached hydrogen (secondary N) is 3. The van der Waals surface area contributed by atoms with Crippen LogP contribution in [0.1, 0.15) is 28.0 Å². The van der Waals surface area contributed by atoms with Crippen molar-refractivity contribution in [3.8, 4) is 0 Å². The molecule has 2 aromatic rings. The summed E-state index contributed by atoms with van der Waals surface area (Å²) in [6.45, 7) is 4.60. The summed E-state index contributed by atoms with van der Waals surface area (Å²) in [5.41, 5.74) is 1.45. The third-order valence-electron chi connectivity index (χ3n) is 4.41. The summed E-state index contributed by atoms with van der Waals surface area (Å²) in [7, 11) is 0. The number of benzene rings is 1. The second kappa shape index (κ2) is 9.66. The molecule has 1 unspecified atom stereocenters. The van der Waals surface area contributed by atoms with Crippen LogP contribution in [0.3, 0.4) is 0 Å². The predicted octanol–water partition coefficient (Wildman–Crippen LogP) is 1.97. The van der Waals surface area contributed by atoms with Gasteiger partial charge in [-0.25, -0.2) is 4.98 Å². The average Bonchev–Trinajstić information content (AvgIpc) is 3.04. The summed E-state index contributed by atoms with van der Waals surface area (Å²) in [6, 6.07) is 9.09. The molecule has 0 bridgehead atoms. The second-order valence-electron chi connectivity index (χ2n) is 6.21. The Hall–Kier alpha value is -1.96. The number of aromatic nitrogens is 1. The van der Waals surface area contributed by atoms with Gasteiger partial charge < -0.3 is 16.0 Å². The molecule has 2 heterocycles. The first-order valence-corrected chi connectivity index (χ1v) is 9.26. The maximum absolute atomic E-state index is 12.1. The largest absolute Gasteiger partial charge is 0.350 e. The fourth-order valence-electron chi connectivity index (χ4n) is 2.58. The van der Waals surface area contributed by atoms with Gasteiger partial charge in [0, 0.05) is 16.9 Å². The Morgan fingerprint density at radius 2 is 1.96 bits per heavy atom. The molecule has 0 spiro atoms. The topological polar surface area (TPSA) is 83.1 Å². The molecule has 0 aliphatic carbocycles. The van der Waals surface area contributed by atoms with Crippen molar-refractivity contribution in [1.82, 2.24) is 20.9 Å². The maximum atomic E-state index is 12.1. The Morgan fingerprint density at radius 3 is 2.62 bits per heavy atom. The van der Waals surface area contributed by atoms with E-state index >= 15 is 0 Å². The molecule has 140 valence electrons. The van der Waals surface area contributed by atoms with E-state index in [0.29, 0.717) is 24.6 Å². The third kappa shape index (κ3) is 5.27. The zero-order valence-corrected chi connectivity index (χ0v) is 16.2. The van der Waals surface area contributed by atoms with E-state index in [-0.39, 0.29) is 30.1 Å². The number of thiazole rings is 1. The van der Waals surface area contributed by atoms with Crippen molar-refractivity contribution in [2.45, 2.75) is 20.0 Å². The molecule has 26 heavy (non-hydrogen) atoms. The van der Waals surface area contributed by atoms with Crippen LogP contribution in [0.25, 0.3) is 0 Å². The SMILES string of the molecule is CC(C(=O)NCc1csc(CNC(=O)c2ccccc2)n1)C1CNC1.Cl. The summed E-state index contributed by atoms with van der Waals surface area (Å²) < 4.78 is 0. The summed E-state index contributed by atoms with van der Waals surface area (Å²) in [5, 5.41) is 11.7. The van der Waals surface area contributed by atoms with Crippen molar-refractivity contribution < 1.29 is 9.59 Å². The van der Waals surface area contributed by atoms with E-state index in [2.05, 4.69) is 20.9 Å². The van der Waals surface area contributed by atoms with Crippen LogP contribution in [-0.4, -0.2) is 29.9 Å². The Kier molecular flexibility index (Phi) is 7.56. The van der Waals surface area contributed by atoms with Crippen molar-refractivity contribution >= 4 is 35.6 Å². The van der Waals surface area contributed by atoms with Crippen LogP contribution in [0.2, 0.25) is 0 Å². The van der Waals surface area contributed by atoms with Gasteiger partial charge in [-0.1, -0.05) is 25.1 Å². The molecule has 3 N–H and O–H groups in total. The van der Waals surface area contributed by atoms with Crippen molar-refractivity contribution in [2.75, 3.05) is 13.1 Å². The lowest BCUT2D eigenvalue weighted by Gasteiger charge is -2.31. The van der Waals surface area contributed by atoms with Crippen LogP contribution in [0, 0.1) is 11.8 Å². The van der Waals surface area contributed by atoms with E-state index in [0.717, 1.165) is 23.8 Å². The van der Waals surface area contributed by atoms with Crippen LogP contribution in [0.4, 0.5) is 0 Å². The minimum Gasteiger partial charge on any atom is -0.350 e. The highest BCUT2D eigenvalue weighted by atomic mass is 35.5. The molecule has 1 aromatic carbocycles. The van der Waals surface area contributed by atoms with Crippen molar-refractivity contribution in [2.24, 2.45) is 11.8 Å². The Balaban J connectivity index is 0.00000243. The number of halogens is 1. The minimum atomic E-state index is -0.117. The summed E-state index contributed by atoms with van der Waals surface area (Å²) >= 11 is 1.48. The average molecular weight is 395 g/mol. The van der Waals surface area contributed by atoms with Crippen LogP contribution in [-0.2, 0) is 17.9 Å². The number of rotatable bonds is 7. The van der Waals surface area contributed by atoms with Gasteiger partial charge >= 0.3 is 0 Å². The van der Waals surface area contributed by atoms with E-state index in [1.54, 1.807) is 12.1 Å². The van der Waals surface area contributed by atoms with Gasteiger partial charge in [0.1, 0.15) is 5.01 Å². The van der Waals surface area contributed by atoms with Gasteiger partial charge in [0.15, 0.2) is 0 Å². The molecule has 2 amide bonds. The van der Waals surface area contributed by atoms with Crippen LogP contribution < -0.4 is 16.0 Å². The smallest absolute Gasteiger partial charge is 0.251 e. The van der Waals surface area contributed by atoms with E-state index in [1.165, 1.54) is 11.3 Å². The first kappa shape index (κ1) is 20.4. The van der Waals surface area contributed by atoms with Gasteiger partial charge in [-0.15, -0.1) is 23.7 Å². The number of carbonyl (C=O) groups is 2. The first-order valence-electron chi connectivity index (χ1n) is 8.38. The lowest BCUT2D eigenvalue weighted by molar-refractivity contribution is -0.126. The molecule has 3 rings (SSSR count). The highest BCUT2D eigenvalue weighted by Crippen LogP contribution is 2.16. The van der Waals surface area contributed by atoms with Gasteiger partial charge in [-0.3, -0.25) is 9.59 Å². The highest BCUT2D eigenvalue weighted by molar-refractivity contribution is 7.09. The summed E-state index contributed by atoms with van der Waals surface area (Å²) in [6.07, 6.45) is 0. The van der Waals surface area contributed by atoms with Crippen LogP contribution in [0.5, 0.6) is 0 Å². The van der Waals surface area contributed by atoms with Crippen LogP contribution >= 0.6 is 23.7 Å². The first-order chi connectivity index (χ1) is 12.1. The maximum Gasteiger partial charge on any atom is 0.251 e. The number of nitrogens with zero attached hydrogens (tertiary/aromatic N) is 1. The fourth-order valence-corrected chi connectivity index (χ4v) is 3.31. The van der Waals surface area contributed by atoms with E-state index in [4.69, 9.17) is 0 Å². The van der Waals surface area contributed by atoms with Crippen molar-refractivity contribution in [3.05, 3.63) is 52.0 Å². The minimum absolute atomic E-state index is 0. The van der Waals surface area contributed by atoms with E-state index in [9.17, 15) is 9.59 Å². The highest BCUT2D eigenvalue weighted by Gasteiger charge is 2.28. The lowest BCUT2D eigenvalue weighted by Crippen LogP contribution is -2.49. The van der Waals surface area contributed by atoms with E-state index < -0.39 is 0 Å². The standard InChI is InChI=1S/C18H22N4O2S.ClH/c1-12(14-7-19-8-14)17(23)20-9-15-11-25-16(22-15)10-21-18(24)13-5-3-2-4-6-13;/h2-6,11-12,14,19H,7-10H2,1H3,(H,20,23)(H,21,24);1H. The van der Waals surface area contributed by atoms with Gasteiger partial charge in [0.2, 0.25) is 5.91 Å². The van der Waals surface area contributed by atoms with E-state index in [1.807, 2.05) is 30.5 Å². The molecule has 1 fully saturated rings. The zero-order chi connectivity index (χ0) is 17.6. The molecule has 1 aliphatic heterocycles. The quantitative estimate of drug-likeness (QED) is 0.670. The van der Waals surface area contributed by atoms with Gasteiger partial charge in [-0.2, -0.15) is 0 Å². The number of amides is 2. The van der Waals surface area contributed by atoms with Crippen molar-refractivity contribution in [3.63, 3.8) is 0 Å². The summed E-state index contributed by atoms with van der Waals surface area (Å²) in [4.78, 5) is 28.6. The monoisotopic (exact) mass is 394 g/mol. The van der Waals surface area contributed by atoms with Gasteiger partial charge in [-0.05, 0) is 31.1 Å². The fraction of sp³-hybridized carbons (Fsp3) is 0.389. The van der Waals surface area contributed by atoms with Crippen LogP contribution in [0.15, 0.2) is 35.7 Å². The molecular weight excluding hydrogens is 372 g/mol. The normalized spacial score (nSPS) is 14.7. The molecule has 1 atom stereocenters. The van der Waals surface area contributed by atoms with Gasteiger partial charge in [0.05, 0.1) is 18.8 Å². The third-order valence-corrected chi connectivity index (χ3v) is 5.31. The molecule has 6 nitrogen and oxygen atoms in total. The molecular formula is C18H23ClN4O2S. The lowest BCUT2D eigenvalue weighted by atomic mass is 9.88. The molecule has 8 heteroatoms. The number of hydrogen-bond donors (Lipinski definition) is 3. The number of hydrogen-bond acceptors (Lipinski definition) is 5. The molecule has 1 aliphatic rings. The molecule has 0 saturated carbocycles. The Morgan fingerprint density at radius 1 is 1.23 bits per heavy atom. The predicted molar refractivity (Wildman–Crippen MR) is 104 cm³/mol. The van der Waals surface area contributed by atoms with Crippen molar-refractivity contribution in [1.29, 1.82) is 0 Å². The second-order valence-corrected chi connectivity index (χ2v) is 7.15.